The van der Waals surface area contributed by atoms with Gasteiger partial charge in [0.15, 0.2) is 0 Å². The largest absolute Gasteiger partial charge is 0.325 e. The van der Waals surface area contributed by atoms with Crippen molar-refractivity contribution < 1.29 is 13.2 Å². The predicted molar refractivity (Wildman–Crippen MR) is 80.5 cm³/mol. The molecule has 5 heteroatoms. The highest BCUT2D eigenvalue weighted by Gasteiger charge is 2.25. The van der Waals surface area contributed by atoms with E-state index in [9.17, 15) is 13.2 Å². The fourth-order valence-corrected chi connectivity index (χ4v) is 2.65. The number of benzene rings is 2. The smallest absolute Gasteiger partial charge is 0.143 e. The molecule has 0 saturated carbocycles. The summed E-state index contributed by atoms with van der Waals surface area (Å²) in [6.45, 7) is 1.65. The van der Waals surface area contributed by atoms with Gasteiger partial charge in [-0.3, -0.25) is 0 Å². The van der Waals surface area contributed by atoms with Crippen LogP contribution >= 0.6 is 15.9 Å². The SMILES string of the molecule is CC(N)(Cc1ccccc1F)Cc1c(F)ccc(Br)c1F. The molecule has 0 amide bonds. The Kier molecular flexibility index (Phi) is 4.74. The molecule has 0 spiro atoms. The first-order chi connectivity index (χ1) is 9.80. The van der Waals surface area contributed by atoms with Gasteiger partial charge in [0.05, 0.1) is 4.47 Å². The number of nitrogens with two attached hydrogens (primary N) is 1. The molecule has 0 saturated heterocycles. The highest BCUT2D eigenvalue weighted by molar-refractivity contribution is 9.10. The van der Waals surface area contributed by atoms with Crippen molar-refractivity contribution in [2.75, 3.05) is 0 Å². The molecule has 0 heterocycles. The van der Waals surface area contributed by atoms with Crippen molar-refractivity contribution in [3.63, 3.8) is 0 Å². The van der Waals surface area contributed by atoms with Crippen molar-refractivity contribution in [1.29, 1.82) is 0 Å². The first-order valence-electron chi connectivity index (χ1n) is 6.45. The van der Waals surface area contributed by atoms with Crippen molar-refractivity contribution >= 4 is 15.9 Å². The van der Waals surface area contributed by atoms with Crippen LogP contribution < -0.4 is 5.73 Å². The van der Waals surface area contributed by atoms with Crippen LogP contribution in [0, 0.1) is 17.5 Å². The van der Waals surface area contributed by atoms with Crippen LogP contribution in [0.25, 0.3) is 0 Å². The molecule has 0 radical (unpaired) electrons. The molecule has 0 fully saturated rings. The second-order valence-corrected chi connectivity index (χ2v) is 6.28. The first-order valence-corrected chi connectivity index (χ1v) is 7.24. The molecule has 0 aromatic heterocycles. The molecule has 21 heavy (non-hydrogen) atoms. The van der Waals surface area contributed by atoms with E-state index < -0.39 is 17.2 Å². The van der Waals surface area contributed by atoms with Crippen molar-refractivity contribution in [2.24, 2.45) is 5.73 Å². The van der Waals surface area contributed by atoms with Gasteiger partial charge in [-0.2, -0.15) is 0 Å². The van der Waals surface area contributed by atoms with Crippen LogP contribution in [0.3, 0.4) is 0 Å². The number of rotatable bonds is 4. The van der Waals surface area contributed by atoms with Gasteiger partial charge in [0.25, 0.3) is 0 Å². The van der Waals surface area contributed by atoms with Crippen LogP contribution in [-0.2, 0) is 12.8 Å². The molecule has 2 N–H and O–H groups in total. The van der Waals surface area contributed by atoms with Crippen LogP contribution in [0.4, 0.5) is 13.2 Å². The van der Waals surface area contributed by atoms with Gasteiger partial charge in [0.2, 0.25) is 0 Å². The second kappa shape index (κ2) is 6.20. The lowest BCUT2D eigenvalue weighted by atomic mass is 9.87. The topological polar surface area (TPSA) is 26.0 Å². The van der Waals surface area contributed by atoms with Gasteiger partial charge in [-0.15, -0.1) is 0 Å². The lowest BCUT2D eigenvalue weighted by molar-refractivity contribution is 0.427. The van der Waals surface area contributed by atoms with Gasteiger partial charge < -0.3 is 5.73 Å². The van der Waals surface area contributed by atoms with E-state index in [2.05, 4.69) is 15.9 Å². The van der Waals surface area contributed by atoms with E-state index in [-0.39, 0.29) is 28.7 Å². The third kappa shape index (κ3) is 3.86. The van der Waals surface area contributed by atoms with E-state index in [0.29, 0.717) is 5.56 Å². The zero-order chi connectivity index (χ0) is 15.6. The van der Waals surface area contributed by atoms with Gasteiger partial charge >= 0.3 is 0 Å². The van der Waals surface area contributed by atoms with Gasteiger partial charge in [-0.25, -0.2) is 13.2 Å². The molecule has 1 atom stereocenters. The summed E-state index contributed by atoms with van der Waals surface area (Å²) in [5.74, 6) is -1.69. The molecule has 2 aromatic rings. The second-order valence-electron chi connectivity index (χ2n) is 5.42. The Hall–Kier alpha value is -1.33. The molecule has 2 aromatic carbocycles. The van der Waals surface area contributed by atoms with Crippen LogP contribution in [0.15, 0.2) is 40.9 Å². The Balaban J connectivity index is 2.26. The van der Waals surface area contributed by atoms with Crippen LogP contribution in [0.2, 0.25) is 0 Å². The fraction of sp³-hybridized carbons (Fsp3) is 0.250. The van der Waals surface area contributed by atoms with Crippen molar-refractivity contribution in [3.05, 3.63) is 69.4 Å². The molecule has 2 rings (SSSR count). The lowest BCUT2D eigenvalue weighted by Gasteiger charge is -2.25. The molecule has 0 bridgehead atoms. The Morgan fingerprint density at radius 2 is 1.67 bits per heavy atom. The summed E-state index contributed by atoms with van der Waals surface area (Å²) in [7, 11) is 0. The van der Waals surface area contributed by atoms with E-state index >= 15 is 0 Å². The summed E-state index contributed by atoms with van der Waals surface area (Å²) in [5, 5.41) is 0. The Morgan fingerprint density at radius 3 is 2.33 bits per heavy atom. The molecular formula is C16H15BrF3N. The molecule has 112 valence electrons. The number of hydrogen-bond donors (Lipinski definition) is 1. The number of halogens is 4. The average molecular weight is 358 g/mol. The van der Waals surface area contributed by atoms with E-state index in [1.165, 1.54) is 18.2 Å². The zero-order valence-corrected chi connectivity index (χ0v) is 13.1. The van der Waals surface area contributed by atoms with Gasteiger partial charge in [0.1, 0.15) is 17.5 Å². The minimum atomic E-state index is -0.968. The van der Waals surface area contributed by atoms with Crippen LogP contribution in [-0.4, -0.2) is 5.54 Å². The summed E-state index contributed by atoms with van der Waals surface area (Å²) < 4.78 is 41.6. The lowest BCUT2D eigenvalue weighted by Crippen LogP contribution is -2.41. The average Bonchev–Trinajstić information content (AvgIpc) is 2.42. The molecule has 1 nitrogen and oxygen atoms in total. The minimum absolute atomic E-state index is 0.0293. The third-order valence-electron chi connectivity index (χ3n) is 3.27. The van der Waals surface area contributed by atoms with E-state index in [4.69, 9.17) is 5.73 Å². The van der Waals surface area contributed by atoms with Crippen molar-refractivity contribution in [2.45, 2.75) is 25.3 Å². The fourth-order valence-electron chi connectivity index (χ4n) is 2.27. The molecule has 0 aliphatic carbocycles. The first kappa shape index (κ1) is 16.0. The molecule has 0 aliphatic heterocycles. The maximum absolute atomic E-state index is 14.0. The summed E-state index contributed by atoms with van der Waals surface area (Å²) in [6, 6.07) is 8.73. The van der Waals surface area contributed by atoms with E-state index in [1.807, 2.05) is 0 Å². The Bertz CT molecular complexity index is 656. The van der Waals surface area contributed by atoms with Gasteiger partial charge in [-0.05, 0) is 59.5 Å². The van der Waals surface area contributed by atoms with Crippen LogP contribution in [0.5, 0.6) is 0 Å². The third-order valence-corrected chi connectivity index (χ3v) is 3.88. The van der Waals surface area contributed by atoms with E-state index in [1.54, 1.807) is 25.1 Å². The summed E-state index contributed by atoms with van der Waals surface area (Å²) in [4.78, 5) is 0. The van der Waals surface area contributed by atoms with Crippen LogP contribution in [0.1, 0.15) is 18.1 Å². The normalized spacial score (nSPS) is 14.0. The Labute approximate surface area is 130 Å². The van der Waals surface area contributed by atoms with Crippen molar-refractivity contribution in [3.8, 4) is 0 Å². The molecular weight excluding hydrogens is 343 g/mol. The predicted octanol–water partition coefficient (Wildman–Crippen LogP) is 4.37. The maximum Gasteiger partial charge on any atom is 0.143 e. The van der Waals surface area contributed by atoms with Gasteiger partial charge in [0, 0.05) is 11.1 Å². The molecule has 1 unspecified atom stereocenters. The molecule has 0 aliphatic rings. The summed E-state index contributed by atoms with van der Waals surface area (Å²) in [6.07, 6.45) is 0.156. The van der Waals surface area contributed by atoms with Gasteiger partial charge in [-0.1, -0.05) is 18.2 Å². The minimum Gasteiger partial charge on any atom is -0.325 e. The van der Waals surface area contributed by atoms with E-state index in [0.717, 1.165) is 0 Å². The highest BCUT2D eigenvalue weighted by atomic mass is 79.9. The Morgan fingerprint density at radius 1 is 1.00 bits per heavy atom. The quantitative estimate of drug-likeness (QED) is 0.807. The summed E-state index contributed by atoms with van der Waals surface area (Å²) in [5.41, 5.74) is 5.49. The van der Waals surface area contributed by atoms with Crippen molar-refractivity contribution in [1.82, 2.24) is 0 Å². The highest BCUT2D eigenvalue weighted by Crippen LogP contribution is 2.26. The number of hydrogen-bond acceptors (Lipinski definition) is 1. The standard InChI is InChI=1S/C16H15BrF3N/c1-16(21,8-10-4-2-3-5-13(10)18)9-11-14(19)7-6-12(17)15(11)20/h2-7H,8-9,21H2,1H3. The summed E-state index contributed by atoms with van der Waals surface area (Å²) >= 11 is 3.02. The monoisotopic (exact) mass is 357 g/mol. The maximum atomic E-state index is 14.0. The zero-order valence-electron chi connectivity index (χ0n) is 11.5.